The van der Waals surface area contributed by atoms with Gasteiger partial charge in [-0.3, -0.25) is 9.59 Å². The van der Waals surface area contributed by atoms with Crippen molar-refractivity contribution in [1.29, 1.82) is 0 Å². The lowest BCUT2D eigenvalue weighted by atomic mass is 10.1. The summed E-state index contributed by atoms with van der Waals surface area (Å²) in [7, 11) is 0. The fourth-order valence-electron chi connectivity index (χ4n) is 2.48. The summed E-state index contributed by atoms with van der Waals surface area (Å²) in [5.41, 5.74) is 3.89. The molecular formula is C21H25NO4. The van der Waals surface area contributed by atoms with Crippen molar-refractivity contribution in [1.82, 2.24) is 0 Å². The van der Waals surface area contributed by atoms with Gasteiger partial charge in [0.15, 0.2) is 6.61 Å². The maximum atomic E-state index is 11.9. The molecule has 0 spiro atoms. The highest BCUT2D eigenvalue weighted by atomic mass is 16.5. The summed E-state index contributed by atoms with van der Waals surface area (Å²) in [6.45, 7) is 6.18. The highest BCUT2D eigenvalue weighted by molar-refractivity contribution is 5.92. The van der Waals surface area contributed by atoms with Crippen LogP contribution in [0.4, 0.5) is 5.69 Å². The van der Waals surface area contributed by atoms with Crippen molar-refractivity contribution in [3.8, 4) is 5.75 Å². The second kappa shape index (κ2) is 9.61. The van der Waals surface area contributed by atoms with Crippen LogP contribution in [-0.4, -0.2) is 25.1 Å². The van der Waals surface area contributed by atoms with Crippen molar-refractivity contribution < 1.29 is 19.1 Å². The molecule has 0 radical (unpaired) electrons. The van der Waals surface area contributed by atoms with Crippen molar-refractivity contribution in [2.24, 2.45) is 0 Å². The van der Waals surface area contributed by atoms with Gasteiger partial charge in [-0.25, -0.2) is 0 Å². The Balaban J connectivity index is 1.78. The molecule has 2 aromatic rings. The van der Waals surface area contributed by atoms with Gasteiger partial charge in [0.05, 0.1) is 6.61 Å². The van der Waals surface area contributed by atoms with Gasteiger partial charge in [-0.05, 0) is 62.1 Å². The minimum atomic E-state index is -0.411. The number of carbonyl (C=O) groups excluding carboxylic acids is 2. The van der Waals surface area contributed by atoms with E-state index in [1.165, 1.54) is 0 Å². The molecule has 2 aromatic carbocycles. The molecule has 0 aliphatic rings. The third kappa shape index (κ3) is 5.92. The SMILES string of the molecule is CCOc1ccccc1CCC(=O)OCC(=O)Nc1ccc(C)c(C)c1. The van der Waals surface area contributed by atoms with Crippen molar-refractivity contribution in [2.75, 3.05) is 18.5 Å². The summed E-state index contributed by atoms with van der Waals surface area (Å²) >= 11 is 0. The Bertz CT molecular complexity index is 770. The fourth-order valence-corrected chi connectivity index (χ4v) is 2.48. The maximum Gasteiger partial charge on any atom is 0.306 e. The predicted molar refractivity (Wildman–Crippen MR) is 101 cm³/mol. The Morgan fingerprint density at radius 2 is 1.81 bits per heavy atom. The molecule has 5 nitrogen and oxygen atoms in total. The van der Waals surface area contributed by atoms with Crippen LogP contribution < -0.4 is 10.1 Å². The number of amides is 1. The number of para-hydroxylation sites is 1. The molecule has 5 heteroatoms. The zero-order valence-electron chi connectivity index (χ0n) is 15.5. The first kappa shape index (κ1) is 19.5. The number of rotatable bonds is 8. The third-order valence-electron chi connectivity index (χ3n) is 4.03. The van der Waals surface area contributed by atoms with E-state index in [2.05, 4.69) is 5.32 Å². The summed E-state index contributed by atoms with van der Waals surface area (Å²) in [4.78, 5) is 23.8. The van der Waals surface area contributed by atoms with Gasteiger partial charge in [0.25, 0.3) is 5.91 Å². The number of anilines is 1. The number of ether oxygens (including phenoxy) is 2. The Hall–Kier alpha value is -2.82. The van der Waals surface area contributed by atoms with E-state index in [4.69, 9.17) is 9.47 Å². The summed E-state index contributed by atoms with van der Waals surface area (Å²) in [5.74, 6) is 0.0122. The van der Waals surface area contributed by atoms with Gasteiger partial charge >= 0.3 is 5.97 Å². The number of nitrogens with one attached hydrogen (secondary N) is 1. The number of hydrogen-bond acceptors (Lipinski definition) is 4. The van der Waals surface area contributed by atoms with Crippen LogP contribution in [0.15, 0.2) is 42.5 Å². The third-order valence-corrected chi connectivity index (χ3v) is 4.03. The van der Waals surface area contributed by atoms with E-state index in [9.17, 15) is 9.59 Å². The minimum Gasteiger partial charge on any atom is -0.494 e. The van der Waals surface area contributed by atoms with E-state index in [1.54, 1.807) is 0 Å². The molecule has 26 heavy (non-hydrogen) atoms. The summed E-state index contributed by atoms with van der Waals surface area (Å²) < 4.78 is 10.6. The van der Waals surface area contributed by atoms with E-state index in [1.807, 2.05) is 63.2 Å². The molecule has 0 unspecified atom stereocenters. The molecule has 0 heterocycles. The van der Waals surface area contributed by atoms with Gasteiger partial charge in [0.1, 0.15) is 5.75 Å². The second-order valence-corrected chi connectivity index (χ2v) is 6.05. The summed E-state index contributed by atoms with van der Waals surface area (Å²) in [6.07, 6.45) is 0.703. The van der Waals surface area contributed by atoms with Gasteiger partial charge in [-0.2, -0.15) is 0 Å². The van der Waals surface area contributed by atoms with Crippen molar-refractivity contribution in [2.45, 2.75) is 33.6 Å². The quantitative estimate of drug-likeness (QED) is 0.731. The molecule has 1 N–H and O–H groups in total. The number of benzene rings is 2. The van der Waals surface area contributed by atoms with Crippen LogP contribution in [0.5, 0.6) is 5.75 Å². The lowest BCUT2D eigenvalue weighted by Crippen LogP contribution is -2.21. The minimum absolute atomic E-state index is 0.195. The van der Waals surface area contributed by atoms with Crippen molar-refractivity contribution in [3.63, 3.8) is 0 Å². The van der Waals surface area contributed by atoms with Gasteiger partial charge < -0.3 is 14.8 Å². The van der Waals surface area contributed by atoms with Gasteiger partial charge in [-0.1, -0.05) is 24.3 Å². The standard InChI is InChI=1S/C21H25NO4/c1-4-25-19-8-6-5-7-17(19)10-12-21(24)26-14-20(23)22-18-11-9-15(2)16(3)13-18/h5-9,11,13H,4,10,12,14H2,1-3H3,(H,22,23). The van der Waals surface area contributed by atoms with Crippen molar-refractivity contribution >= 4 is 17.6 Å². The van der Waals surface area contributed by atoms with Crippen LogP contribution in [0.2, 0.25) is 0 Å². The average molecular weight is 355 g/mol. The van der Waals surface area contributed by atoms with Crippen molar-refractivity contribution in [3.05, 3.63) is 59.2 Å². The summed E-state index contributed by atoms with van der Waals surface area (Å²) in [6, 6.07) is 13.2. The highest BCUT2D eigenvalue weighted by Crippen LogP contribution is 2.19. The first-order chi connectivity index (χ1) is 12.5. The van der Waals surface area contributed by atoms with E-state index < -0.39 is 5.97 Å². The van der Waals surface area contributed by atoms with Gasteiger partial charge in [-0.15, -0.1) is 0 Å². The number of hydrogen-bond donors (Lipinski definition) is 1. The average Bonchev–Trinajstić information content (AvgIpc) is 2.62. The lowest BCUT2D eigenvalue weighted by Gasteiger charge is -2.10. The zero-order valence-corrected chi connectivity index (χ0v) is 15.5. The second-order valence-electron chi connectivity index (χ2n) is 6.05. The number of carbonyl (C=O) groups is 2. The van der Waals surface area contributed by atoms with Crippen LogP contribution in [0.25, 0.3) is 0 Å². The van der Waals surface area contributed by atoms with E-state index in [0.717, 1.165) is 22.4 Å². The Morgan fingerprint density at radius 3 is 2.54 bits per heavy atom. The topological polar surface area (TPSA) is 64.6 Å². The van der Waals surface area contributed by atoms with Crippen LogP contribution in [0, 0.1) is 13.8 Å². The first-order valence-electron chi connectivity index (χ1n) is 8.73. The van der Waals surface area contributed by atoms with Crippen LogP contribution in [0.1, 0.15) is 30.0 Å². The highest BCUT2D eigenvalue weighted by Gasteiger charge is 2.10. The largest absolute Gasteiger partial charge is 0.494 e. The van der Waals surface area contributed by atoms with E-state index in [0.29, 0.717) is 18.7 Å². The number of esters is 1. The molecule has 0 bridgehead atoms. The molecule has 0 fully saturated rings. The van der Waals surface area contributed by atoms with Crippen LogP contribution >= 0.6 is 0 Å². The molecule has 1 amide bonds. The molecule has 138 valence electrons. The Morgan fingerprint density at radius 1 is 1.04 bits per heavy atom. The van der Waals surface area contributed by atoms with Gasteiger partial charge in [0.2, 0.25) is 0 Å². The normalized spacial score (nSPS) is 10.3. The molecule has 0 saturated carbocycles. The Kier molecular flexibility index (Phi) is 7.21. The molecule has 0 atom stereocenters. The Labute approximate surface area is 154 Å². The maximum absolute atomic E-state index is 11.9. The summed E-state index contributed by atoms with van der Waals surface area (Å²) in [5, 5.41) is 2.73. The fraction of sp³-hybridized carbons (Fsp3) is 0.333. The van der Waals surface area contributed by atoms with Crippen LogP contribution in [0.3, 0.4) is 0 Å². The number of aryl methyl sites for hydroxylation is 3. The molecule has 0 aromatic heterocycles. The predicted octanol–water partition coefficient (Wildman–Crippen LogP) is 3.82. The molecule has 2 rings (SSSR count). The zero-order chi connectivity index (χ0) is 18.9. The molecule has 0 saturated heterocycles. The molecular weight excluding hydrogens is 330 g/mol. The lowest BCUT2D eigenvalue weighted by molar-refractivity contribution is -0.147. The first-order valence-corrected chi connectivity index (χ1v) is 8.73. The molecule has 0 aliphatic heterocycles. The van der Waals surface area contributed by atoms with Crippen LogP contribution in [-0.2, 0) is 20.7 Å². The molecule has 0 aliphatic carbocycles. The van der Waals surface area contributed by atoms with Gasteiger partial charge in [0, 0.05) is 12.1 Å². The van der Waals surface area contributed by atoms with E-state index in [-0.39, 0.29) is 18.9 Å². The monoisotopic (exact) mass is 355 g/mol. The smallest absolute Gasteiger partial charge is 0.306 e. The van der Waals surface area contributed by atoms with E-state index >= 15 is 0 Å².